The van der Waals surface area contributed by atoms with Crippen LogP contribution in [-0.2, 0) is 25.7 Å². The minimum atomic E-state index is 0.945. The zero-order chi connectivity index (χ0) is 22.7. The van der Waals surface area contributed by atoms with Crippen molar-refractivity contribution >= 4 is 17.1 Å². The third-order valence-electron chi connectivity index (χ3n) is 8.63. The summed E-state index contributed by atoms with van der Waals surface area (Å²) in [6.07, 6.45) is 8.03. The van der Waals surface area contributed by atoms with Crippen LogP contribution >= 0.6 is 0 Å². The second-order valence-electron chi connectivity index (χ2n) is 10.3. The van der Waals surface area contributed by atoms with Gasteiger partial charge in [0.25, 0.3) is 0 Å². The summed E-state index contributed by atoms with van der Waals surface area (Å²) < 4.78 is 0. The number of benzene rings is 4. The van der Waals surface area contributed by atoms with Crippen LogP contribution in [0, 0.1) is 0 Å². The highest BCUT2D eigenvalue weighted by molar-refractivity contribution is 5.96. The number of nitrogens with zero attached hydrogens (tertiary/aromatic N) is 2. The third kappa shape index (κ3) is 2.23. The summed E-state index contributed by atoms with van der Waals surface area (Å²) in [5.41, 5.74) is 21.6. The molecule has 4 aliphatic rings. The molecule has 0 N–H and O–H groups in total. The normalized spacial score (nSPS) is 14.9. The first-order chi connectivity index (χ1) is 17.3. The molecule has 0 atom stereocenters. The average Bonchev–Trinajstić information content (AvgIpc) is 3.46. The molecule has 0 saturated carbocycles. The van der Waals surface area contributed by atoms with E-state index in [9.17, 15) is 0 Å². The standard InChI is InChI=1S/C33H22N2/c1-3-7-24-19(5-1)13-21-9-10-25-26-16-22-14-23-18-34-12-11-31(23)35-30-8-4-2-6-20(30)15-29(33(22)35)27(26)17-28(25)32(21)24/h1-12,16,18H,13-15,17H2. The Bertz CT molecular complexity index is 1750. The fraction of sp³-hybridized carbons (Fsp3) is 0.121. The number of aromatic nitrogens is 1. The molecule has 35 heavy (non-hydrogen) atoms. The van der Waals surface area contributed by atoms with E-state index in [1.807, 2.05) is 6.20 Å². The molecule has 0 unspecified atom stereocenters. The van der Waals surface area contributed by atoms with E-state index in [0.717, 1.165) is 25.7 Å². The van der Waals surface area contributed by atoms with E-state index in [-0.39, 0.29) is 0 Å². The molecule has 3 heterocycles. The van der Waals surface area contributed by atoms with Crippen molar-refractivity contribution in [1.29, 1.82) is 0 Å². The van der Waals surface area contributed by atoms with Crippen molar-refractivity contribution in [3.8, 4) is 22.3 Å². The van der Waals surface area contributed by atoms with E-state index in [4.69, 9.17) is 0 Å². The van der Waals surface area contributed by atoms with Gasteiger partial charge in [-0.05, 0) is 97.8 Å². The summed E-state index contributed by atoms with van der Waals surface area (Å²) in [4.78, 5) is 7.00. The number of rotatable bonds is 0. The lowest BCUT2D eigenvalue weighted by Gasteiger charge is -2.40. The number of hydrogen-bond donors (Lipinski definition) is 0. The van der Waals surface area contributed by atoms with Crippen LogP contribution < -0.4 is 4.90 Å². The van der Waals surface area contributed by atoms with Crippen molar-refractivity contribution in [3.05, 3.63) is 130 Å². The van der Waals surface area contributed by atoms with Gasteiger partial charge in [0.05, 0.1) is 11.4 Å². The van der Waals surface area contributed by atoms with Gasteiger partial charge in [0, 0.05) is 30.9 Å². The van der Waals surface area contributed by atoms with E-state index in [1.54, 1.807) is 0 Å². The van der Waals surface area contributed by atoms with Crippen molar-refractivity contribution in [2.45, 2.75) is 25.7 Å². The van der Waals surface area contributed by atoms with Crippen molar-refractivity contribution < 1.29 is 0 Å². The second kappa shape index (κ2) is 6.28. The van der Waals surface area contributed by atoms with Gasteiger partial charge in [-0.15, -0.1) is 0 Å². The number of anilines is 3. The Morgan fingerprint density at radius 1 is 0.543 bits per heavy atom. The molecule has 2 nitrogen and oxygen atoms in total. The molecular weight excluding hydrogens is 424 g/mol. The smallest absolute Gasteiger partial charge is 0.0535 e. The Morgan fingerprint density at radius 2 is 1.37 bits per heavy atom. The van der Waals surface area contributed by atoms with Crippen molar-refractivity contribution in [2.24, 2.45) is 0 Å². The molecule has 0 fully saturated rings. The van der Waals surface area contributed by atoms with E-state index >= 15 is 0 Å². The molecular formula is C33H22N2. The third-order valence-corrected chi connectivity index (χ3v) is 8.63. The quantitative estimate of drug-likeness (QED) is 0.240. The van der Waals surface area contributed by atoms with Gasteiger partial charge in [-0.2, -0.15) is 0 Å². The fourth-order valence-corrected chi connectivity index (χ4v) is 7.21. The molecule has 0 amide bonds. The molecule has 1 aromatic heterocycles. The van der Waals surface area contributed by atoms with Gasteiger partial charge in [0.2, 0.25) is 0 Å². The van der Waals surface area contributed by atoms with Crippen molar-refractivity contribution in [2.75, 3.05) is 4.90 Å². The molecule has 0 radical (unpaired) electrons. The molecule has 2 aliphatic carbocycles. The van der Waals surface area contributed by atoms with Gasteiger partial charge in [-0.3, -0.25) is 4.98 Å². The van der Waals surface area contributed by atoms with Crippen LogP contribution in [0.2, 0.25) is 0 Å². The Hall–Kier alpha value is -4.17. The minimum Gasteiger partial charge on any atom is -0.309 e. The van der Waals surface area contributed by atoms with E-state index < -0.39 is 0 Å². The van der Waals surface area contributed by atoms with Crippen molar-refractivity contribution in [1.82, 2.24) is 4.98 Å². The number of pyridine rings is 1. The fourth-order valence-electron chi connectivity index (χ4n) is 7.21. The highest BCUT2D eigenvalue weighted by atomic mass is 15.2. The Labute approximate surface area is 204 Å². The van der Waals surface area contributed by atoms with Gasteiger partial charge in [-0.1, -0.05) is 54.6 Å². The predicted octanol–water partition coefficient (Wildman–Crippen LogP) is 7.50. The molecule has 0 saturated heterocycles. The number of fused-ring (bicyclic) bond motifs is 12. The van der Waals surface area contributed by atoms with Crippen LogP contribution in [0.4, 0.5) is 17.1 Å². The van der Waals surface area contributed by atoms with Gasteiger partial charge < -0.3 is 4.90 Å². The molecule has 4 aromatic carbocycles. The maximum Gasteiger partial charge on any atom is 0.0535 e. The summed E-state index contributed by atoms with van der Waals surface area (Å²) in [5, 5.41) is 0. The van der Waals surface area contributed by atoms with Gasteiger partial charge >= 0.3 is 0 Å². The number of hydrogen-bond acceptors (Lipinski definition) is 2. The minimum absolute atomic E-state index is 0.945. The Kier molecular flexibility index (Phi) is 3.27. The SMILES string of the molecule is c1ccc2c(c1)Cc1ccc3c(c1-2)Cc1c-3cc2c3c1Cc1ccccc1N3c1ccncc1C2. The zero-order valence-corrected chi connectivity index (χ0v) is 19.3. The summed E-state index contributed by atoms with van der Waals surface area (Å²) in [5.74, 6) is 0. The van der Waals surface area contributed by atoms with Gasteiger partial charge in [-0.25, -0.2) is 0 Å². The Balaban J connectivity index is 1.32. The largest absolute Gasteiger partial charge is 0.309 e. The van der Waals surface area contributed by atoms with Crippen LogP contribution in [0.15, 0.2) is 85.2 Å². The highest BCUT2D eigenvalue weighted by Crippen LogP contribution is 2.56. The average molecular weight is 447 g/mol. The predicted molar refractivity (Wildman–Crippen MR) is 141 cm³/mol. The van der Waals surface area contributed by atoms with Crippen LogP contribution in [0.1, 0.15) is 44.5 Å². The maximum absolute atomic E-state index is 4.48. The summed E-state index contributed by atoms with van der Waals surface area (Å²) in [6.45, 7) is 0. The van der Waals surface area contributed by atoms with E-state index in [1.165, 1.54) is 83.8 Å². The van der Waals surface area contributed by atoms with E-state index in [2.05, 4.69) is 88.9 Å². The van der Waals surface area contributed by atoms with Gasteiger partial charge in [0.1, 0.15) is 0 Å². The molecule has 0 spiro atoms. The number of para-hydroxylation sites is 1. The van der Waals surface area contributed by atoms with Crippen LogP contribution in [-0.4, -0.2) is 4.98 Å². The lowest BCUT2D eigenvalue weighted by Crippen LogP contribution is -2.25. The van der Waals surface area contributed by atoms with Crippen LogP contribution in [0.5, 0.6) is 0 Å². The zero-order valence-electron chi connectivity index (χ0n) is 19.3. The summed E-state index contributed by atoms with van der Waals surface area (Å²) >= 11 is 0. The first-order valence-electron chi connectivity index (χ1n) is 12.6. The Morgan fingerprint density at radius 3 is 2.34 bits per heavy atom. The molecule has 2 aliphatic heterocycles. The summed E-state index contributed by atoms with van der Waals surface area (Å²) in [6, 6.07) is 27.4. The van der Waals surface area contributed by atoms with Crippen molar-refractivity contribution in [3.63, 3.8) is 0 Å². The highest BCUT2D eigenvalue weighted by Gasteiger charge is 2.37. The second-order valence-corrected chi connectivity index (χ2v) is 10.3. The van der Waals surface area contributed by atoms with Gasteiger partial charge in [0.15, 0.2) is 0 Å². The molecule has 164 valence electrons. The monoisotopic (exact) mass is 446 g/mol. The lowest BCUT2D eigenvalue weighted by molar-refractivity contribution is 0.985. The molecule has 9 rings (SSSR count). The molecule has 5 aromatic rings. The first kappa shape index (κ1) is 18.2. The lowest BCUT2D eigenvalue weighted by atomic mass is 9.83. The van der Waals surface area contributed by atoms with Crippen LogP contribution in [0.25, 0.3) is 22.3 Å². The van der Waals surface area contributed by atoms with Crippen LogP contribution in [0.3, 0.4) is 0 Å². The molecule has 2 heteroatoms. The summed E-state index contributed by atoms with van der Waals surface area (Å²) in [7, 11) is 0. The maximum atomic E-state index is 4.48. The topological polar surface area (TPSA) is 16.1 Å². The van der Waals surface area contributed by atoms with E-state index in [0.29, 0.717) is 0 Å². The first-order valence-corrected chi connectivity index (χ1v) is 12.6. The molecule has 0 bridgehead atoms.